The van der Waals surface area contributed by atoms with Crippen molar-refractivity contribution < 1.29 is 4.52 Å². The van der Waals surface area contributed by atoms with Crippen molar-refractivity contribution in [2.75, 3.05) is 5.73 Å². The third-order valence-corrected chi connectivity index (χ3v) is 2.13. The fourth-order valence-corrected chi connectivity index (χ4v) is 1.27. The lowest BCUT2D eigenvalue weighted by Crippen LogP contribution is -2.21. The highest BCUT2D eigenvalue weighted by molar-refractivity contribution is 5.68. The Kier molecular flexibility index (Phi) is 2.03. The molecule has 2 heterocycles. The second-order valence-electron chi connectivity index (χ2n) is 4.45. The summed E-state index contributed by atoms with van der Waals surface area (Å²) in [5.74, 6) is 0.575. The summed E-state index contributed by atoms with van der Waals surface area (Å²) in [4.78, 5) is 0. The molecule has 15 heavy (non-hydrogen) atoms. The van der Waals surface area contributed by atoms with Crippen molar-refractivity contribution >= 4 is 5.69 Å². The molecule has 0 fully saturated rings. The molecule has 0 radical (unpaired) electrons. The first kappa shape index (κ1) is 9.76. The van der Waals surface area contributed by atoms with Crippen LogP contribution in [0.5, 0.6) is 0 Å². The van der Waals surface area contributed by atoms with Crippen molar-refractivity contribution in [3.05, 3.63) is 18.6 Å². The minimum atomic E-state index is -0.0486. The molecule has 0 aliphatic rings. The molecule has 5 nitrogen and oxygen atoms in total. The van der Waals surface area contributed by atoms with E-state index in [0.29, 0.717) is 11.4 Å². The Hall–Kier alpha value is -1.78. The maximum atomic E-state index is 5.70. The minimum absolute atomic E-state index is 0.0486. The summed E-state index contributed by atoms with van der Waals surface area (Å²) in [7, 11) is 0. The van der Waals surface area contributed by atoms with Crippen LogP contribution in [0.1, 0.15) is 20.8 Å². The van der Waals surface area contributed by atoms with Gasteiger partial charge in [0.1, 0.15) is 5.69 Å². The molecule has 5 heteroatoms. The molecule has 0 bridgehead atoms. The van der Waals surface area contributed by atoms with Crippen LogP contribution < -0.4 is 5.73 Å². The normalized spacial score (nSPS) is 11.9. The largest absolute Gasteiger partial charge is 0.394 e. The number of nitrogen functional groups attached to an aromatic ring is 1. The van der Waals surface area contributed by atoms with Gasteiger partial charge in [-0.05, 0) is 20.8 Å². The molecule has 0 saturated heterocycles. The van der Waals surface area contributed by atoms with Crippen molar-refractivity contribution in [3.63, 3.8) is 0 Å². The lowest BCUT2D eigenvalue weighted by atomic mass is 10.1. The van der Waals surface area contributed by atoms with E-state index in [2.05, 4.69) is 31.0 Å². The van der Waals surface area contributed by atoms with E-state index < -0.39 is 0 Å². The zero-order chi connectivity index (χ0) is 11.1. The Morgan fingerprint density at radius 1 is 1.33 bits per heavy atom. The SMILES string of the molecule is CC(C)(C)n1cc(-c2oncc2N)cn1. The molecule has 0 saturated carbocycles. The van der Waals surface area contributed by atoms with E-state index in [1.54, 1.807) is 6.20 Å². The third-order valence-electron chi connectivity index (χ3n) is 2.13. The number of nitrogens with two attached hydrogens (primary N) is 1. The van der Waals surface area contributed by atoms with Crippen LogP contribution in [0, 0.1) is 0 Å². The Bertz CT molecular complexity index is 464. The maximum absolute atomic E-state index is 5.70. The first-order valence-electron chi connectivity index (χ1n) is 4.74. The van der Waals surface area contributed by atoms with Crippen LogP contribution in [0.4, 0.5) is 5.69 Å². The van der Waals surface area contributed by atoms with Gasteiger partial charge in [0.2, 0.25) is 0 Å². The number of nitrogens with zero attached hydrogens (tertiary/aromatic N) is 3. The molecule has 2 N–H and O–H groups in total. The predicted molar refractivity (Wildman–Crippen MR) is 57.1 cm³/mol. The topological polar surface area (TPSA) is 69.9 Å². The molecule has 0 spiro atoms. The number of rotatable bonds is 1. The molecule has 2 aromatic rings. The van der Waals surface area contributed by atoms with Crippen molar-refractivity contribution in [1.29, 1.82) is 0 Å². The Morgan fingerprint density at radius 3 is 2.53 bits per heavy atom. The van der Waals surface area contributed by atoms with Crippen LogP contribution in [0.3, 0.4) is 0 Å². The summed E-state index contributed by atoms with van der Waals surface area (Å²) in [5.41, 5.74) is 7.03. The van der Waals surface area contributed by atoms with Crippen LogP contribution in [0.15, 0.2) is 23.1 Å². The molecule has 0 amide bonds. The number of aromatic nitrogens is 3. The van der Waals surface area contributed by atoms with Gasteiger partial charge in [0.25, 0.3) is 0 Å². The molecule has 0 unspecified atom stereocenters. The first-order valence-corrected chi connectivity index (χ1v) is 4.74. The molecule has 80 valence electrons. The van der Waals surface area contributed by atoms with Crippen LogP contribution in [0.25, 0.3) is 11.3 Å². The summed E-state index contributed by atoms with van der Waals surface area (Å²) >= 11 is 0. The average molecular weight is 206 g/mol. The van der Waals surface area contributed by atoms with Crippen molar-refractivity contribution in [2.24, 2.45) is 0 Å². The van der Waals surface area contributed by atoms with Gasteiger partial charge >= 0.3 is 0 Å². The highest BCUT2D eigenvalue weighted by Crippen LogP contribution is 2.26. The third kappa shape index (κ3) is 1.72. The van der Waals surface area contributed by atoms with E-state index in [1.807, 2.05) is 10.9 Å². The lowest BCUT2D eigenvalue weighted by Gasteiger charge is -2.18. The van der Waals surface area contributed by atoms with E-state index in [9.17, 15) is 0 Å². The number of hydrogen-bond donors (Lipinski definition) is 1. The smallest absolute Gasteiger partial charge is 0.192 e. The van der Waals surface area contributed by atoms with Crippen LogP contribution in [-0.2, 0) is 5.54 Å². The van der Waals surface area contributed by atoms with E-state index in [-0.39, 0.29) is 5.54 Å². The molecular weight excluding hydrogens is 192 g/mol. The molecule has 0 aliphatic heterocycles. The highest BCUT2D eigenvalue weighted by atomic mass is 16.5. The fourth-order valence-electron chi connectivity index (χ4n) is 1.27. The standard InChI is InChI=1S/C10H14N4O/c1-10(2,3)14-6-7(4-12-14)9-8(11)5-13-15-9/h4-6H,11H2,1-3H3. The predicted octanol–water partition coefficient (Wildman–Crippen LogP) is 1.88. The van der Waals surface area contributed by atoms with Crippen LogP contribution >= 0.6 is 0 Å². The quantitative estimate of drug-likeness (QED) is 0.773. The average Bonchev–Trinajstić information content (AvgIpc) is 2.69. The zero-order valence-corrected chi connectivity index (χ0v) is 9.06. The molecular formula is C10H14N4O. The Balaban J connectivity index is 2.41. The first-order chi connectivity index (χ1) is 6.98. The van der Waals surface area contributed by atoms with E-state index >= 15 is 0 Å². The summed E-state index contributed by atoms with van der Waals surface area (Å²) < 4.78 is 6.91. The van der Waals surface area contributed by atoms with Crippen LogP contribution in [0.2, 0.25) is 0 Å². The van der Waals surface area contributed by atoms with Crippen LogP contribution in [-0.4, -0.2) is 14.9 Å². The van der Waals surface area contributed by atoms with Crippen molar-refractivity contribution in [1.82, 2.24) is 14.9 Å². The molecule has 2 rings (SSSR count). The lowest BCUT2D eigenvalue weighted by molar-refractivity contribution is 0.355. The second-order valence-corrected chi connectivity index (χ2v) is 4.45. The maximum Gasteiger partial charge on any atom is 0.192 e. The molecule has 0 aromatic carbocycles. The molecule has 2 aromatic heterocycles. The number of anilines is 1. The minimum Gasteiger partial charge on any atom is -0.394 e. The van der Waals surface area contributed by atoms with Gasteiger partial charge in [0, 0.05) is 6.20 Å². The summed E-state index contributed by atoms with van der Waals surface area (Å²) in [5, 5.41) is 7.89. The zero-order valence-electron chi connectivity index (χ0n) is 9.06. The van der Waals surface area contributed by atoms with Gasteiger partial charge < -0.3 is 10.3 Å². The summed E-state index contributed by atoms with van der Waals surface area (Å²) in [6, 6.07) is 0. The fraction of sp³-hybridized carbons (Fsp3) is 0.400. The van der Waals surface area contributed by atoms with E-state index in [0.717, 1.165) is 5.56 Å². The molecule has 0 atom stereocenters. The summed E-state index contributed by atoms with van der Waals surface area (Å²) in [6.45, 7) is 6.23. The highest BCUT2D eigenvalue weighted by Gasteiger charge is 2.16. The summed E-state index contributed by atoms with van der Waals surface area (Å²) in [6.07, 6.45) is 5.11. The van der Waals surface area contributed by atoms with Gasteiger partial charge in [-0.25, -0.2) is 0 Å². The van der Waals surface area contributed by atoms with Crippen molar-refractivity contribution in [3.8, 4) is 11.3 Å². The van der Waals surface area contributed by atoms with E-state index in [4.69, 9.17) is 10.3 Å². The van der Waals surface area contributed by atoms with E-state index in [1.165, 1.54) is 6.20 Å². The molecule has 0 aliphatic carbocycles. The van der Waals surface area contributed by atoms with Crippen molar-refractivity contribution in [2.45, 2.75) is 26.3 Å². The Labute approximate surface area is 87.9 Å². The van der Waals surface area contributed by atoms with Gasteiger partial charge in [-0.15, -0.1) is 0 Å². The van der Waals surface area contributed by atoms with Gasteiger partial charge in [0.15, 0.2) is 5.76 Å². The van der Waals surface area contributed by atoms with Gasteiger partial charge in [-0.3, -0.25) is 4.68 Å². The number of hydrogen-bond acceptors (Lipinski definition) is 4. The second kappa shape index (κ2) is 3.12. The van der Waals surface area contributed by atoms with Gasteiger partial charge in [0.05, 0.1) is 23.5 Å². The monoisotopic (exact) mass is 206 g/mol. The van der Waals surface area contributed by atoms with Gasteiger partial charge in [-0.2, -0.15) is 5.10 Å². The van der Waals surface area contributed by atoms with Gasteiger partial charge in [-0.1, -0.05) is 5.16 Å². The Morgan fingerprint density at radius 2 is 2.07 bits per heavy atom.